The van der Waals surface area contributed by atoms with Crippen LogP contribution in [0.25, 0.3) is 0 Å². The molecule has 7 heteroatoms. The lowest BCUT2D eigenvalue weighted by Crippen LogP contribution is -2.48. The van der Waals surface area contributed by atoms with Crippen molar-refractivity contribution in [1.29, 1.82) is 0 Å². The number of hydrogen-bond donors (Lipinski definition) is 1. The van der Waals surface area contributed by atoms with Gasteiger partial charge in [-0.25, -0.2) is 4.79 Å². The van der Waals surface area contributed by atoms with Crippen LogP contribution in [0.2, 0.25) is 0 Å². The number of hydrogen-bond acceptors (Lipinski definition) is 4. The Kier molecular flexibility index (Phi) is 3.87. The number of ether oxygens (including phenoxy) is 1. The SMILES string of the molecule is C[C@@H]1Cc2ccccc2N1C(=O)CN1C(=O)N[C@]2(CCOc3ccccc32)C1=O. The number of carbonyl (C=O) groups excluding carboxylic acids is 3. The highest BCUT2D eigenvalue weighted by molar-refractivity contribution is 6.11. The number of carbonyl (C=O) groups is 3. The van der Waals surface area contributed by atoms with Crippen molar-refractivity contribution in [2.45, 2.75) is 31.3 Å². The number of imide groups is 1. The van der Waals surface area contributed by atoms with E-state index in [1.165, 1.54) is 0 Å². The number of nitrogens with one attached hydrogen (secondary N) is 1. The van der Waals surface area contributed by atoms with Gasteiger partial charge in [-0.2, -0.15) is 0 Å². The molecule has 4 amide bonds. The number of benzene rings is 2. The second kappa shape index (κ2) is 6.34. The van der Waals surface area contributed by atoms with Crippen molar-refractivity contribution < 1.29 is 19.1 Å². The summed E-state index contributed by atoms with van der Waals surface area (Å²) in [5.41, 5.74) is 1.42. The monoisotopic (exact) mass is 391 g/mol. The highest BCUT2D eigenvalue weighted by Crippen LogP contribution is 2.41. The number of fused-ring (bicyclic) bond motifs is 3. The molecule has 0 saturated carbocycles. The summed E-state index contributed by atoms with van der Waals surface area (Å²) < 4.78 is 5.65. The summed E-state index contributed by atoms with van der Waals surface area (Å²) in [6.45, 7) is 2.01. The first-order chi connectivity index (χ1) is 14.0. The van der Waals surface area contributed by atoms with E-state index in [4.69, 9.17) is 4.74 Å². The number of urea groups is 1. The van der Waals surface area contributed by atoms with Gasteiger partial charge < -0.3 is 15.0 Å². The maximum Gasteiger partial charge on any atom is 0.325 e. The molecule has 0 aromatic heterocycles. The zero-order valence-electron chi connectivity index (χ0n) is 16.1. The quantitative estimate of drug-likeness (QED) is 0.796. The van der Waals surface area contributed by atoms with E-state index < -0.39 is 17.5 Å². The van der Waals surface area contributed by atoms with Gasteiger partial charge in [0.2, 0.25) is 5.91 Å². The van der Waals surface area contributed by atoms with Crippen molar-refractivity contribution in [2.75, 3.05) is 18.1 Å². The van der Waals surface area contributed by atoms with Crippen LogP contribution in [-0.4, -0.2) is 41.9 Å². The number of amides is 4. The van der Waals surface area contributed by atoms with Gasteiger partial charge in [-0.05, 0) is 31.0 Å². The van der Waals surface area contributed by atoms with E-state index in [0.29, 0.717) is 24.3 Å². The molecule has 0 unspecified atom stereocenters. The number of nitrogens with zero attached hydrogens (tertiary/aromatic N) is 2. The largest absolute Gasteiger partial charge is 0.493 e. The van der Waals surface area contributed by atoms with Crippen molar-refractivity contribution in [3.05, 3.63) is 59.7 Å². The maximum absolute atomic E-state index is 13.3. The zero-order valence-corrected chi connectivity index (χ0v) is 16.1. The average molecular weight is 391 g/mol. The predicted molar refractivity (Wildman–Crippen MR) is 106 cm³/mol. The summed E-state index contributed by atoms with van der Waals surface area (Å²) in [4.78, 5) is 41.9. The Balaban J connectivity index is 1.43. The summed E-state index contributed by atoms with van der Waals surface area (Å²) in [6, 6.07) is 14.4. The third-order valence-corrected chi connectivity index (χ3v) is 6.03. The summed E-state index contributed by atoms with van der Waals surface area (Å²) in [6.07, 6.45) is 1.10. The molecule has 3 aliphatic rings. The van der Waals surface area contributed by atoms with E-state index in [2.05, 4.69) is 5.32 Å². The Morgan fingerprint density at radius 1 is 1.17 bits per heavy atom. The average Bonchev–Trinajstić information content (AvgIpc) is 3.17. The number of anilines is 1. The van der Waals surface area contributed by atoms with Gasteiger partial charge in [-0.3, -0.25) is 14.5 Å². The third-order valence-electron chi connectivity index (χ3n) is 6.03. The first-order valence-corrected chi connectivity index (χ1v) is 9.77. The molecule has 148 valence electrons. The van der Waals surface area contributed by atoms with Crippen LogP contribution in [0.15, 0.2) is 48.5 Å². The molecular formula is C22H21N3O4. The van der Waals surface area contributed by atoms with Gasteiger partial charge in [0.1, 0.15) is 12.3 Å². The molecular weight excluding hydrogens is 370 g/mol. The lowest BCUT2D eigenvalue weighted by atomic mass is 9.84. The molecule has 5 rings (SSSR count). The molecule has 1 saturated heterocycles. The zero-order chi connectivity index (χ0) is 20.2. The van der Waals surface area contributed by atoms with Crippen molar-refractivity contribution >= 4 is 23.5 Å². The van der Waals surface area contributed by atoms with Gasteiger partial charge in [-0.1, -0.05) is 36.4 Å². The van der Waals surface area contributed by atoms with Crippen LogP contribution >= 0.6 is 0 Å². The van der Waals surface area contributed by atoms with E-state index in [1.807, 2.05) is 43.3 Å². The minimum atomic E-state index is -1.17. The molecule has 0 aliphatic carbocycles. The van der Waals surface area contributed by atoms with Crippen LogP contribution in [-0.2, 0) is 21.5 Å². The molecule has 2 aromatic rings. The van der Waals surface area contributed by atoms with Crippen LogP contribution in [0.1, 0.15) is 24.5 Å². The fraction of sp³-hybridized carbons (Fsp3) is 0.318. The Morgan fingerprint density at radius 2 is 1.93 bits per heavy atom. The van der Waals surface area contributed by atoms with Crippen molar-refractivity contribution in [3.63, 3.8) is 0 Å². The van der Waals surface area contributed by atoms with Crippen LogP contribution in [0.3, 0.4) is 0 Å². The topological polar surface area (TPSA) is 79.0 Å². The Hall–Kier alpha value is -3.35. The van der Waals surface area contributed by atoms with E-state index in [0.717, 1.165) is 22.6 Å². The molecule has 0 bridgehead atoms. The van der Waals surface area contributed by atoms with E-state index >= 15 is 0 Å². The summed E-state index contributed by atoms with van der Waals surface area (Å²) in [7, 11) is 0. The second-order valence-electron chi connectivity index (χ2n) is 7.77. The standard InChI is InChI=1S/C22H21N3O4/c1-14-12-15-6-2-4-8-17(15)25(14)19(26)13-24-20(27)22(23-21(24)28)10-11-29-18-9-5-3-7-16(18)22/h2-9,14H,10-13H2,1H3,(H,23,28)/t14-,22+/m1/s1. The summed E-state index contributed by atoms with van der Waals surface area (Å²) in [5.74, 6) is -0.0715. The highest BCUT2D eigenvalue weighted by atomic mass is 16.5. The first kappa shape index (κ1) is 17.7. The fourth-order valence-electron chi connectivity index (χ4n) is 4.67. The van der Waals surface area contributed by atoms with Gasteiger partial charge in [0, 0.05) is 23.7 Å². The van der Waals surface area contributed by atoms with Crippen LogP contribution < -0.4 is 15.0 Å². The Labute approximate surface area is 168 Å². The normalized spacial score (nSPS) is 24.9. The summed E-state index contributed by atoms with van der Waals surface area (Å²) in [5, 5.41) is 2.84. The molecule has 2 aromatic carbocycles. The smallest absolute Gasteiger partial charge is 0.325 e. The molecule has 1 fully saturated rings. The first-order valence-electron chi connectivity index (χ1n) is 9.77. The molecule has 29 heavy (non-hydrogen) atoms. The molecule has 7 nitrogen and oxygen atoms in total. The highest BCUT2D eigenvalue weighted by Gasteiger charge is 2.55. The van der Waals surface area contributed by atoms with E-state index in [1.54, 1.807) is 17.0 Å². The molecule has 3 aliphatic heterocycles. The fourth-order valence-corrected chi connectivity index (χ4v) is 4.67. The van der Waals surface area contributed by atoms with Gasteiger partial charge in [0.05, 0.1) is 6.61 Å². The molecule has 3 heterocycles. The Morgan fingerprint density at radius 3 is 2.79 bits per heavy atom. The molecule has 2 atom stereocenters. The maximum atomic E-state index is 13.3. The van der Waals surface area contributed by atoms with Gasteiger partial charge in [0.25, 0.3) is 5.91 Å². The van der Waals surface area contributed by atoms with Gasteiger partial charge >= 0.3 is 6.03 Å². The van der Waals surface area contributed by atoms with E-state index in [9.17, 15) is 14.4 Å². The third kappa shape index (κ3) is 2.53. The van der Waals surface area contributed by atoms with Crippen molar-refractivity contribution in [2.24, 2.45) is 0 Å². The van der Waals surface area contributed by atoms with Crippen LogP contribution in [0.5, 0.6) is 5.75 Å². The lowest BCUT2D eigenvalue weighted by Gasteiger charge is -2.33. The summed E-state index contributed by atoms with van der Waals surface area (Å²) >= 11 is 0. The number of para-hydroxylation sites is 2. The lowest BCUT2D eigenvalue weighted by molar-refractivity contribution is -0.135. The molecule has 0 radical (unpaired) electrons. The van der Waals surface area contributed by atoms with Crippen molar-refractivity contribution in [3.8, 4) is 5.75 Å². The van der Waals surface area contributed by atoms with Crippen molar-refractivity contribution in [1.82, 2.24) is 10.2 Å². The minimum absolute atomic E-state index is 0.0153. The molecule has 1 spiro atoms. The van der Waals surface area contributed by atoms with Crippen LogP contribution in [0.4, 0.5) is 10.5 Å². The Bertz CT molecular complexity index is 1040. The van der Waals surface area contributed by atoms with Gasteiger partial charge in [0.15, 0.2) is 5.54 Å². The minimum Gasteiger partial charge on any atom is -0.493 e. The van der Waals surface area contributed by atoms with Crippen LogP contribution in [0, 0.1) is 0 Å². The second-order valence-corrected chi connectivity index (χ2v) is 7.77. The van der Waals surface area contributed by atoms with Gasteiger partial charge in [-0.15, -0.1) is 0 Å². The molecule has 1 N–H and O–H groups in total. The number of rotatable bonds is 2. The van der Waals surface area contributed by atoms with E-state index in [-0.39, 0.29) is 18.5 Å². The predicted octanol–water partition coefficient (Wildman–Crippen LogP) is 2.19.